The molecule has 0 atom stereocenters. The first-order chi connectivity index (χ1) is 9.10. The number of Topliss-reactive ketones (excluding diaryl/α,β-unsaturated/α-hetero) is 1. The van der Waals surface area contributed by atoms with Crippen LogP contribution in [0.4, 0.5) is 0 Å². The molecule has 0 aromatic heterocycles. The number of methoxy groups -OCH3 is 1. The molecular weight excluding hydrogens is 240 g/mol. The summed E-state index contributed by atoms with van der Waals surface area (Å²) in [6.07, 6.45) is 0.264. The van der Waals surface area contributed by atoms with Gasteiger partial charge in [0.2, 0.25) is 0 Å². The molecule has 0 bridgehead atoms. The maximum atomic E-state index is 12.1. The highest BCUT2D eigenvalue weighted by molar-refractivity contribution is 5.99. The van der Waals surface area contributed by atoms with Gasteiger partial charge in [0.15, 0.2) is 5.78 Å². The zero-order chi connectivity index (χ0) is 13.8. The topological polar surface area (TPSA) is 46.5 Å². The van der Waals surface area contributed by atoms with Crippen LogP contribution in [0, 0.1) is 6.92 Å². The summed E-state index contributed by atoms with van der Waals surface area (Å²) in [5.41, 5.74) is 2.19. The Hall–Kier alpha value is -2.29. The average molecular weight is 256 g/mol. The van der Waals surface area contributed by atoms with Crippen LogP contribution in [0.1, 0.15) is 21.5 Å². The largest absolute Gasteiger partial charge is 0.507 e. The van der Waals surface area contributed by atoms with E-state index in [2.05, 4.69) is 0 Å². The van der Waals surface area contributed by atoms with Crippen molar-refractivity contribution in [2.75, 3.05) is 7.11 Å². The molecule has 1 N–H and O–H groups in total. The van der Waals surface area contributed by atoms with Gasteiger partial charge in [0.1, 0.15) is 11.5 Å². The van der Waals surface area contributed by atoms with E-state index in [-0.39, 0.29) is 18.0 Å². The lowest BCUT2D eigenvalue weighted by molar-refractivity contribution is 0.0990. The number of carbonyl (C=O) groups is 1. The maximum Gasteiger partial charge on any atom is 0.170 e. The van der Waals surface area contributed by atoms with E-state index in [1.165, 1.54) is 0 Å². The number of carbonyl (C=O) groups excluding carboxylic acids is 1. The summed E-state index contributed by atoms with van der Waals surface area (Å²) in [4.78, 5) is 12.1. The average Bonchev–Trinajstić information content (AvgIpc) is 2.39. The molecule has 3 heteroatoms. The quantitative estimate of drug-likeness (QED) is 0.855. The Labute approximate surface area is 112 Å². The first kappa shape index (κ1) is 13.1. The van der Waals surface area contributed by atoms with Crippen molar-refractivity contribution in [2.45, 2.75) is 13.3 Å². The Bertz CT molecular complexity index is 585. The van der Waals surface area contributed by atoms with Gasteiger partial charge in [-0.15, -0.1) is 0 Å². The SMILES string of the molecule is COc1ccc(CC(=O)c2ccc(C)cc2O)cc1. The van der Waals surface area contributed by atoms with Gasteiger partial charge in [-0.05, 0) is 42.3 Å². The highest BCUT2D eigenvalue weighted by atomic mass is 16.5. The van der Waals surface area contributed by atoms with Crippen molar-refractivity contribution in [3.8, 4) is 11.5 Å². The third-order valence-corrected chi connectivity index (χ3v) is 2.98. The third kappa shape index (κ3) is 3.13. The van der Waals surface area contributed by atoms with Gasteiger partial charge >= 0.3 is 0 Å². The first-order valence-corrected chi connectivity index (χ1v) is 6.06. The van der Waals surface area contributed by atoms with E-state index in [9.17, 15) is 9.90 Å². The molecule has 2 aromatic carbocycles. The highest BCUT2D eigenvalue weighted by Gasteiger charge is 2.11. The molecule has 0 heterocycles. The Morgan fingerprint density at radius 2 is 1.84 bits per heavy atom. The van der Waals surface area contributed by atoms with Crippen LogP contribution in [0.15, 0.2) is 42.5 Å². The van der Waals surface area contributed by atoms with Crippen molar-refractivity contribution < 1.29 is 14.6 Å². The minimum absolute atomic E-state index is 0.0403. The van der Waals surface area contributed by atoms with Crippen molar-refractivity contribution >= 4 is 5.78 Å². The van der Waals surface area contributed by atoms with Gasteiger partial charge in [0, 0.05) is 6.42 Å². The molecule has 0 spiro atoms. The molecule has 0 fully saturated rings. The number of aromatic hydroxyl groups is 1. The van der Waals surface area contributed by atoms with Crippen molar-refractivity contribution in [3.63, 3.8) is 0 Å². The molecule has 2 aromatic rings. The molecule has 0 aliphatic heterocycles. The van der Waals surface area contributed by atoms with E-state index in [1.54, 1.807) is 19.2 Å². The van der Waals surface area contributed by atoms with Gasteiger partial charge < -0.3 is 9.84 Å². The van der Waals surface area contributed by atoms with E-state index in [0.717, 1.165) is 16.9 Å². The Morgan fingerprint density at radius 1 is 1.16 bits per heavy atom. The molecule has 0 unspecified atom stereocenters. The molecule has 3 nitrogen and oxygen atoms in total. The second kappa shape index (κ2) is 5.57. The molecule has 0 aliphatic rings. The van der Waals surface area contributed by atoms with Crippen LogP contribution in [0.25, 0.3) is 0 Å². The van der Waals surface area contributed by atoms with Gasteiger partial charge in [0.25, 0.3) is 0 Å². The second-order valence-corrected chi connectivity index (χ2v) is 4.47. The predicted molar refractivity (Wildman–Crippen MR) is 73.9 cm³/mol. The summed E-state index contributed by atoms with van der Waals surface area (Å²) >= 11 is 0. The zero-order valence-corrected chi connectivity index (χ0v) is 11.0. The number of hydrogen-bond donors (Lipinski definition) is 1. The van der Waals surface area contributed by atoms with E-state index in [0.29, 0.717) is 5.56 Å². The summed E-state index contributed by atoms with van der Waals surface area (Å²) in [5.74, 6) is 0.704. The Morgan fingerprint density at radius 3 is 2.42 bits per heavy atom. The third-order valence-electron chi connectivity index (χ3n) is 2.98. The molecular formula is C16H16O3. The van der Waals surface area contributed by atoms with Crippen LogP contribution in [0.5, 0.6) is 11.5 Å². The number of ketones is 1. The maximum absolute atomic E-state index is 12.1. The summed E-state index contributed by atoms with van der Waals surface area (Å²) in [7, 11) is 1.60. The number of phenolic OH excluding ortho intramolecular Hbond substituents is 1. The lowest BCUT2D eigenvalue weighted by Crippen LogP contribution is -2.04. The van der Waals surface area contributed by atoms with Crippen molar-refractivity contribution in [2.24, 2.45) is 0 Å². The zero-order valence-electron chi connectivity index (χ0n) is 11.0. The number of phenols is 1. The standard InChI is InChI=1S/C16H16O3/c1-11-3-8-14(15(17)9-11)16(18)10-12-4-6-13(19-2)7-5-12/h3-9,17H,10H2,1-2H3. The van der Waals surface area contributed by atoms with Gasteiger partial charge in [-0.2, -0.15) is 0 Å². The summed E-state index contributed by atoms with van der Waals surface area (Å²) < 4.78 is 5.07. The van der Waals surface area contributed by atoms with Crippen molar-refractivity contribution in [1.29, 1.82) is 0 Å². The van der Waals surface area contributed by atoms with Gasteiger partial charge in [-0.25, -0.2) is 0 Å². The normalized spacial score (nSPS) is 10.2. The van der Waals surface area contributed by atoms with Gasteiger partial charge in [0.05, 0.1) is 12.7 Å². The minimum Gasteiger partial charge on any atom is -0.507 e. The van der Waals surface area contributed by atoms with Crippen LogP contribution in [-0.4, -0.2) is 18.0 Å². The fraction of sp³-hybridized carbons (Fsp3) is 0.188. The van der Waals surface area contributed by atoms with E-state index in [1.807, 2.05) is 37.3 Å². The fourth-order valence-electron chi connectivity index (χ4n) is 1.90. The molecule has 0 saturated carbocycles. The minimum atomic E-state index is -0.0948. The number of aryl methyl sites for hydroxylation is 1. The highest BCUT2D eigenvalue weighted by Crippen LogP contribution is 2.21. The van der Waals surface area contributed by atoms with Crippen molar-refractivity contribution in [1.82, 2.24) is 0 Å². The van der Waals surface area contributed by atoms with Crippen molar-refractivity contribution in [3.05, 3.63) is 59.2 Å². The summed E-state index contributed by atoms with van der Waals surface area (Å²) in [6, 6.07) is 12.4. The smallest absolute Gasteiger partial charge is 0.170 e. The van der Waals surface area contributed by atoms with Gasteiger partial charge in [-0.3, -0.25) is 4.79 Å². The van der Waals surface area contributed by atoms with E-state index in [4.69, 9.17) is 4.74 Å². The number of benzene rings is 2. The number of rotatable bonds is 4. The summed E-state index contributed by atoms with van der Waals surface area (Å²) in [5, 5.41) is 9.78. The van der Waals surface area contributed by atoms with E-state index >= 15 is 0 Å². The van der Waals surface area contributed by atoms with Crippen LogP contribution in [0.3, 0.4) is 0 Å². The molecule has 98 valence electrons. The molecule has 0 saturated heterocycles. The Kier molecular flexibility index (Phi) is 3.85. The van der Waals surface area contributed by atoms with Gasteiger partial charge in [-0.1, -0.05) is 18.2 Å². The number of ether oxygens (including phenoxy) is 1. The van der Waals surface area contributed by atoms with Crippen LogP contribution >= 0.6 is 0 Å². The van der Waals surface area contributed by atoms with Crippen LogP contribution in [0.2, 0.25) is 0 Å². The fourth-order valence-corrected chi connectivity index (χ4v) is 1.90. The van der Waals surface area contributed by atoms with E-state index < -0.39 is 0 Å². The molecule has 0 aliphatic carbocycles. The molecule has 19 heavy (non-hydrogen) atoms. The Balaban J connectivity index is 2.15. The van der Waals surface area contributed by atoms with Crippen LogP contribution < -0.4 is 4.74 Å². The number of hydrogen-bond acceptors (Lipinski definition) is 3. The summed E-state index contributed by atoms with van der Waals surface area (Å²) in [6.45, 7) is 1.87. The second-order valence-electron chi connectivity index (χ2n) is 4.47. The predicted octanol–water partition coefficient (Wildman–Crippen LogP) is 3.13. The lowest BCUT2D eigenvalue weighted by Gasteiger charge is -2.06. The monoisotopic (exact) mass is 256 g/mol. The van der Waals surface area contributed by atoms with Crippen LogP contribution in [-0.2, 0) is 6.42 Å². The molecule has 0 amide bonds. The molecule has 2 rings (SSSR count). The lowest BCUT2D eigenvalue weighted by atomic mass is 10.0. The first-order valence-electron chi connectivity index (χ1n) is 6.06. The molecule has 0 radical (unpaired) electrons.